The summed E-state index contributed by atoms with van der Waals surface area (Å²) in [4.78, 5) is 20.7. The SMILES string of the molecule is Cc1ccccc1-c1cc(OCc2ncccc2C)cc(C2OCCO2)c1.O=C=O. The quantitative estimate of drug-likeness (QED) is 0.626. The third-order valence-electron chi connectivity index (χ3n) is 4.77. The zero-order chi connectivity index (χ0) is 21.3. The minimum atomic E-state index is -0.340. The van der Waals surface area contributed by atoms with E-state index in [2.05, 4.69) is 42.2 Å². The van der Waals surface area contributed by atoms with Gasteiger partial charge in [0.2, 0.25) is 0 Å². The summed E-state index contributed by atoms with van der Waals surface area (Å²) in [6, 6.07) is 18.5. The van der Waals surface area contributed by atoms with E-state index in [4.69, 9.17) is 23.8 Å². The van der Waals surface area contributed by atoms with Gasteiger partial charge in [-0.1, -0.05) is 30.3 Å². The Hall–Kier alpha value is -3.31. The van der Waals surface area contributed by atoms with Crippen LogP contribution in [0, 0.1) is 13.8 Å². The minimum Gasteiger partial charge on any atom is -0.487 e. The van der Waals surface area contributed by atoms with Crippen LogP contribution < -0.4 is 4.74 Å². The number of rotatable bonds is 5. The molecule has 154 valence electrons. The number of carbonyl (C=O) groups excluding carboxylic acids is 2. The fraction of sp³-hybridized carbons (Fsp3) is 0.250. The van der Waals surface area contributed by atoms with E-state index in [1.54, 1.807) is 6.20 Å². The first-order chi connectivity index (χ1) is 14.6. The van der Waals surface area contributed by atoms with Crippen LogP contribution in [0.4, 0.5) is 0 Å². The molecule has 1 aromatic heterocycles. The molecule has 0 N–H and O–H groups in total. The molecule has 0 unspecified atom stereocenters. The summed E-state index contributed by atoms with van der Waals surface area (Å²) < 4.78 is 17.5. The zero-order valence-corrected chi connectivity index (χ0v) is 17.0. The van der Waals surface area contributed by atoms with E-state index in [0.29, 0.717) is 19.8 Å². The lowest BCUT2D eigenvalue weighted by atomic mass is 9.98. The normalized spacial score (nSPS) is 13.3. The summed E-state index contributed by atoms with van der Waals surface area (Å²) in [5.41, 5.74) is 6.52. The molecule has 0 amide bonds. The van der Waals surface area contributed by atoms with Gasteiger partial charge in [-0.3, -0.25) is 4.98 Å². The number of benzene rings is 2. The van der Waals surface area contributed by atoms with Gasteiger partial charge in [-0.25, -0.2) is 0 Å². The van der Waals surface area contributed by atoms with Gasteiger partial charge in [0.1, 0.15) is 12.4 Å². The molecule has 6 nitrogen and oxygen atoms in total. The number of pyridine rings is 1. The van der Waals surface area contributed by atoms with Crippen LogP contribution in [0.1, 0.15) is 28.7 Å². The van der Waals surface area contributed by atoms with E-state index >= 15 is 0 Å². The van der Waals surface area contributed by atoms with Gasteiger partial charge in [-0.05, 0) is 60.4 Å². The fourth-order valence-electron chi connectivity index (χ4n) is 3.27. The van der Waals surface area contributed by atoms with Crippen molar-refractivity contribution in [3.05, 3.63) is 83.2 Å². The maximum atomic E-state index is 8.12. The van der Waals surface area contributed by atoms with Crippen molar-refractivity contribution in [2.24, 2.45) is 0 Å². The molecule has 1 saturated heterocycles. The Kier molecular flexibility index (Phi) is 7.46. The number of hydrogen-bond donors (Lipinski definition) is 0. The van der Waals surface area contributed by atoms with Gasteiger partial charge >= 0.3 is 6.15 Å². The average molecular weight is 405 g/mol. The third-order valence-corrected chi connectivity index (χ3v) is 4.77. The smallest absolute Gasteiger partial charge is 0.373 e. The van der Waals surface area contributed by atoms with Crippen LogP contribution in [0.25, 0.3) is 11.1 Å². The summed E-state index contributed by atoms with van der Waals surface area (Å²) in [5, 5.41) is 0. The molecule has 0 radical (unpaired) electrons. The maximum Gasteiger partial charge on any atom is 0.373 e. The highest BCUT2D eigenvalue weighted by Crippen LogP contribution is 2.33. The van der Waals surface area contributed by atoms with Gasteiger partial charge in [0.15, 0.2) is 6.29 Å². The topological polar surface area (TPSA) is 74.7 Å². The number of aromatic nitrogens is 1. The lowest BCUT2D eigenvalue weighted by Crippen LogP contribution is -2.03. The Morgan fingerprint density at radius 2 is 1.70 bits per heavy atom. The minimum absolute atomic E-state index is 0.250. The Morgan fingerprint density at radius 1 is 1.00 bits per heavy atom. The van der Waals surface area contributed by atoms with Gasteiger partial charge < -0.3 is 14.2 Å². The van der Waals surface area contributed by atoms with Gasteiger partial charge in [0.25, 0.3) is 0 Å². The summed E-state index contributed by atoms with van der Waals surface area (Å²) >= 11 is 0. The van der Waals surface area contributed by atoms with Crippen molar-refractivity contribution in [3.8, 4) is 16.9 Å². The molecule has 2 aromatic carbocycles. The van der Waals surface area contributed by atoms with Crippen molar-refractivity contribution < 1.29 is 23.8 Å². The van der Waals surface area contributed by atoms with Gasteiger partial charge in [-0.2, -0.15) is 9.59 Å². The van der Waals surface area contributed by atoms with Crippen molar-refractivity contribution in [1.82, 2.24) is 4.98 Å². The molecule has 2 heterocycles. The number of hydrogen-bond acceptors (Lipinski definition) is 6. The van der Waals surface area contributed by atoms with Crippen LogP contribution in [-0.2, 0) is 25.7 Å². The zero-order valence-electron chi connectivity index (χ0n) is 17.0. The highest BCUT2D eigenvalue weighted by Gasteiger charge is 2.20. The van der Waals surface area contributed by atoms with E-state index in [0.717, 1.165) is 28.1 Å². The first-order valence-electron chi connectivity index (χ1n) is 9.59. The second-order valence-corrected chi connectivity index (χ2v) is 6.82. The Labute approximate surface area is 175 Å². The van der Waals surface area contributed by atoms with Crippen molar-refractivity contribution in [2.45, 2.75) is 26.7 Å². The largest absolute Gasteiger partial charge is 0.487 e. The predicted octanol–water partition coefficient (Wildman–Crippen LogP) is 4.41. The Morgan fingerprint density at radius 3 is 2.40 bits per heavy atom. The first kappa shape index (κ1) is 21.4. The summed E-state index contributed by atoms with van der Waals surface area (Å²) in [6.45, 7) is 5.81. The lowest BCUT2D eigenvalue weighted by molar-refractivity contribution is -0.191. The molecular formula is C24H23NO5. The standard InChI is InChI=1S/C23H23NO3.CO2/c1-16-6-3-4-8-21(16)18-12-19(23-25-10-11-26-23)14-20(13-18)27-15-22-17(2)7-5-9-24-22;2-1-3/h3-9,12-14,23H,10-11,15H2,1-2H3;. The average Bonchev–Trinajstić information content (AvgIpc) is 3.29. The van der Waals surface area contributed by atoms with E-state index < -0.39 is 0 Å². The fourth-order valence-corrected chi connectivity index (χ4v) is 3.27. The molecule has 0 atom stereocenters. The van der Waals surface area contributed by atoms with Crippen molar-refractivity contribution in [1.29, 1.82) is 0 Å². The van der Waals surface area contributed by atoms with Crippen LogP contribution in [0.15, 0.2) is 60.8 Å². The van der Waals surface area contributed by atoms with Crippen LogP contribution in [0.3, 0.4) is 0 Å². The third kappa shape index (κ3) is 5.39. The Balaban J connectivity index is 0.000000806. The van der Waals surface area contributed by atoms with E-state index in [9.17, 15) is 0 Å². The highest BCUT2D eigenvalue weighted by molar-refractivity contribution is 5.69. The molecule has 1 aliphatic rings. The highest BCUT2D eigenvalue weighted by atomic mass is 16.7. The molecule has 0 aliphatic carbocycles. The van der Waals surface area contributed by atoms with Gasteiger partial charge in [0, 0.05) is 11.8 Å². The Bertz CT molecular complexity index is 1020. The number of ether oxygens (including phenoxy) is 3. The monoisotopic (exact) mass is 405 g/mol. The molecule has 0 spiro atoms. The maximum absolute atomic E-state index is 8.12. The second kappa shape index (κ2) is 10.5. The van der Waals surface area contributed by atoms with E-state index in [1.807, 2.05) is 31.2 Å². The van der Waals surface area contributed by atoms with Crippen LogP contribution >= 0.6 is 0 Å². The molecule has 30 heavy (non-hydrogen) atoms. The molecular weight excluding hydrogens is 382 g/mol. The van der Waals surface area contributed by atoms with Crippen molar-refractivity contribution >= 4 is 6.15 Å². The number of aryl methyl sites for hydroxylation is 2. The summed E-state index contributed by atoms with van der Waals surface area (Å²) in [6.07, 6.45) is 1.70. The first-order valence-corrected chi connectivity index (χ1v) is 9.59. The van der Waals surface area contributed by atoms with Gasteiger partial charge in [0.05, 0.1) is 18.9 Å². The second-order valence-electron chi connectivity index (χ2n) is 6.82. The van der Waals surface area contributed by atoms with Crippen molar-refractivity contribution in [2.75, 3.05) is 13.2 Å². The lowest BCUT2D eigenvalue weighted by Gasteiger charge is -2.16. The summed E-state index contributed by atoms with van der Waals surface area (Å²) in [7, 11) is 0. The van der Waals surface area contributed by atoms with Crippen LogP contribution in [-0.4, -0.2) is 24.3 Å². The molecule has 4 rings (SSSR count). The van der Waals surface area contributed by atoms with E-state index in [1.165, 1.54) is 11.1 Å². The summed E-state index contributed by atoms with van der Waals surface area (Å²) in [5.74, 6) is 0.787. The molecule has 1 fully saturated rings. The van der Waals surface area contributed by atoms with Crippen LogP contribution in [0.2, 0.25) is 0 Å². The molecule has 3 aromatic rings. The molecule has 0 saturated carbocycles. The molecule has 0 bridgehead atoms. The molecule has 6 heteroatoms. The van der Waals surface area contributed by atoms with Gasteiger partial charge in [-0.15, -0.1) is 0 Å². The molecule has 1 aliphatic heterocycles. The predicted molar refractivity (Wildman–Crippen MR) is 110 cm³/mol. The van der Waals surface area contributed by atoms with Crippen LogP contribution in [0.5, 0.6) is 5.75 Å². The number of nitrogens with zero attached hydrogens (tertiary/aromatic N) is 1. The van der Waals surface area contributed by atoms with Crippen molar-refractivity contribution in [3.63, 3.8) is 0 Å². The van der Waals surface area contributed by atoms with E-state index in [-0.39, 0.29) is 12.4 Å².